The van der Waals surface area contributed by atoms with Gasteiger partial charge in [-0.15, -0.1) is 0 Å². The zero-order valence-corrected chi connectivity index (χ0v) is 14.1. The summed E-state index contributed by atoms with van der Waals surface area (Å²) in [5.74, 6) is -2.28. The number of hydrogen-bond acceptors (Lipinski definition) is 5. The van der Waals surface area contributed by atoms with E-state index in [-0.39, 0.29) is 11.3 Å². The molecule has 0 aliphatic heterocycles. The lowest BCUT2D eigenvalue weighted by molar-refractivity contribution is -0.148. The van der Waals surface area contributed by atoms with E-state index in [9.17, 15) is 22.4 Å². The van der Waals surface area contributed by atoms with Crippen LogP contribution in [0.2, 0.25) is 0 Å². The number of nitrogens with one attached hydrogen (secondary N) is 1. The Morgan fingerprint density at radius 3 is 2.26 bits per heavy atom. The van der Waals surface area contributed by atoms with Crippen molar-refractivity contribution in [3.8, 4) is 0 Å². The first-order valence-corrected chi connectivity index (χ1v) is 8.60. The number of carbonyl (C=O) groups excluding carboxylic acids is 2. The Balaban J connectivity index is 2.46. The number of hydrogen-bond donors (Lipinski definition) is 1. The smallest absolute Gasteiger partial charge is 0.307 e. The highest BCUT2D eigenvalue weighted by atomic mass is 32.2. The molecular formula is C15H20FNO5S. The maximum Gasteiger partial charge on any atom is 0.307 e. The Morgan fingerprint density at radius 2 is 1.74 bits per heavy atom. The van der Waals surface area contributed by atoms with Crippen molar-refractivity contribution in [3.05, 3.63) is 30.1 Å². The molecule has 0 saturated carbocycles. The van der Waals surface area contributed by atoms with E-state index in [0.29, 0.717) is 0 Å². The SMILES string of the molecule is CC(C)(C)NC(=O)COC(=O)CCS(=O)(=O)c1ccc(F)cc1. The number of esters is 1. The first-order chi connectivity index (χ1) is 10.5. The molecular weight excluding hydrogens is 325 g/mol. The van der Waals surface area contributed by atoms with Gasteiger partial charge in [0, 0.05) is 5.54 Å². The molecule has 1 N–H and O–H groups in total. The molecule has 0 bridgehead atoms. The van der Waals surface area contributed by atoms with Gasteiger partial charge < -0.3 is 10.1 Å². The molecule has 1 aromatic rings. The van der Waals surface area contributed by atoms with Crippen LogP contribution in [0.25, 0.3) is 0 Å². The fraction of sp³-hybridized carbons (Fsp3) is 0.467. The van der Waals surface area contributed by atoms with E-state index in [4.69, 9.17) is 4.74 Å². The zero-order chi connectivity index (χ0) is 17.7. The van der Waals surface area contributed by atoms with Gasteiger partial charge in [-0.25, -0.2) is 12.8 Å². The summed E-state index contributed by atoms with van der Waals surface area (Å²) in [7, 11) is -3.71. The minimum Gasteiger partial charge on any atom is -0.456 e. The highest BCUT2D eigenvalue weighted by molar-refractivity contribution is 7.91. The van der Waals surface area contributed by atoms with Crippen LogP contribution >= 0.6 is 0 Å². The van der Waals surface area contributed by atoms with Gasteiger partial charge in [-0.3, -0.25) is 9.59 Å². The van der Waals surface area contributed by atoms with Crippen molar-refractivity contribution in [2.45, 2.75) is 37.6 Å². The highest BCUT2D eigenvalue weighted by Crippen LogP contribution is 2.13. The van der Waals surface area contributed by atoms with Gasteiger partial charge >= 0.3 is 5.97 Å². The van der Waals surface area contributed by atoms with E-state index in [2.05, 4.69) is 5.32 Å². The van der Waals surface area contributed by atoms with Gasteiger partial charge in [-0.1, -0.05) is 0 Å². The maximum atomic E-state index is 12.8. The van der Waals surface area contributed by atoms with Crippen LogP contribution in [0.5, 0.6) is 0 Å². The number of halogens is 1. The average Bonchev–Trinajstić information content (AvgIpc) is 2.41. The van der Waals surface area contributed by atoms with Crippen LogP contribution in [0.4, 0.5) is 4.39 Å². The molecule has 8 heteroatoms. The molecule has 1 aromatic carbocycles. The number of ether oxygens (including phenoxy) is 1. The van der Waals surface area contributed by atoms with Gasteiger partial charge in [0.25, 0.3) is 5.91 Å². The summed E-state index contributed by atoms with van der Waals surface area (Å²) in [5.41, 5.74) is -0.449. The van der Waals surface area contributed by atoms with Crippen molar-refractivity contribution in [1.82, 2.24) is 5.32 Å². The van der Waals surface area contributed by atoms with E-state index in [1.54, 1.807) is 20.8 Å². The molecule has 0 saturated heterocycles. The standard InChI is InChI=1S/C15H20FNO5S/c1-15(2,3)17-13(18)10-22-14(19)8-9-23(20,21)12-6-4-11(16)5-7-12/h4-7H,8-10H2,1-3H3,(H,17,18). The summed E-state index contributed by atoms with van der Waals surface area (Å²) >= 11 is 0. The summed E-state index contributed by atoms with van der Waals surface area (Å²) in [6.07, 6.45) is -0.386. The fourth-order valence-corrected chi connectivity index (χ4v) is 2.87. The molecule has 0 fully saturated rings. The molecule has 0 unspecified atom stereocenters. The van der Waals surface area contributed by atoms with Gasteiger partial charge in [0.1, 0.15) is 5.82 Å². The Kier molecular flexibility index (Phi) is 6.26. The minimum absolute atomic E-state index is 0.0721. The van der Waals surface area contributed by atoms with Gasteiger partial charge in [0.05, 0.1) is 17.1 Å². The molecule has 0 spiro atoms. The molecule has 6 nitrogen and oxygen atoms in total. The lowest BCUT2D eigenvalue weighted by Crippen LogP contribution is -2.42. The van der Waals surface area contributed by atoms with Crippen molar-refractivity contribution in [1.29, 1.82) is 0 Å². The molecule has 0 heterocycles. The second kappa shape index (κ2) is 7.54. The van der Waals surface area contributed by atoms with Crippen molar-refractivity contribution in [2.24, 2.45) is 0 Å². The molecule has 0 atom stereocenters. The van der Waals surface area contributed by atoms with Crippen LogP contribution in [0.3, 0.4) is 0 Å². The zero-order valence-electron chi connectivity index (χ0n) is 13.3. The van der Waals surface area contributed by atoms with Crippen LogP contribution in [0.15, 0.2) is 29.2 Å². The predicted octanol–water partition coefficient (Wildman–Crippen LogP) is 1.45. The maximum absolute atomic E-state index is 12.8. The third-order valence-electron chi connectivity index (χ3n) is 2.63. The van der Waals surface area contributed by atoms with Crippen molar-refractivity contribution in [2.75, 3.05) is 12.4 Å². The van der Waals surface area contributed by atoms with Gasteiger partial charge in [-0.2, -0.15) is 0 Å². The minimum atomic E-state index is -3.71. The lowest BCUT2D eigenvalue weighted by Gasteiger charge is -2.20. The van der Waals surface area contributed by atoms with Crippen molar-refractivity contribution in [3.63, 3.8) is 0 Å². The molecule has 1 rings (SSSR count). The number of amides is 1. The Labute approximate surface area is 134 Å². The van der Waals surface area contributed by atoms with Gasteiger partial charge in [0.2, 0.25) is 0 Å². The monoisotopic (exact) mass is 345 g/mol. The summed E-state index contributed by atoms with van der Waals surface area (Å²) < 4.78 is 41.4. The molecule has 0 aliphatic rings. The van der Waals surface area contributed by atoms with Crippen LogP contribution in [-0.2, 0) is 24.2 Å². The molecule has 128 valence electrons. The van der Waals surface area contributed by atoms with Crippen LogP contribution < -0.4 is 5.32 Å². The summed E-state index contributed by atoms with van der Waals surface area (Å²) in [5, 5.41) is 2.61. The number of rotatable bonds is 6. The number of benzene rings is 1. The summed E-state index contributed by atoms with van der Waals surface area (Å²) in [6, 6.07) is 4.32. The van der Waals surface area contributed by atoms with Gasteiger partial charge in [-0.05, 0) is 45.0 Å². The van der Waals surface area contributed by atoms with E-state index in [0.717, 1.165) is 24.3 Å². The van der Waals surface area contributed by atoms with Crippen LogP contribution in [0.1, 0.15) is 27.2 Å². The summed E-state index contributed by atoms with van der Waals surface area (Å²) in [6.45, 7) is 4.87. The average molecular weight is 345 g/mol. The largest absolute Gasteiger partial charge is 0.456 e. The Bertz CT molecular complexity index is 662. The van der Waals surface area contributed by atoms with Crippen molar-refractivity contribution < 1.29 is 27.1 Å². The second-order valence-electron chi connectivity index (χ2n) is 5.98. The summed E-state index contributed by atoms with van der Waals surface area (Å²) in [4.78, 5) is 22.9. The van der Waals surface area contributed by atoms with Crippen LogP contribution in [0, 0.1) is 5.82 Å². The van der Waals surface area contributed by atoms with E-state index in [1.165, 1.54) is 0 Å². The first kappa shape index (κ1) is 19.1. The van der Waals surface area contributed by atoms with Gasteiger partial charge in [0.15, 0.2) is 16.4 Å². The topological polar surface area (TPSA) is 89.5 Å². The second-order valence-corrected chi connectivity index (χ2v) is 8.09. The third-order valence-corrected chi connectivity index (χ3v) is 4.36. The number of sulfone groups is 1. The van der Waals surface area contributed by atoms with E-state index < -0.39 is 45.4 Å². The number of carbonyl (C=O) groups is 2. The third kappa shape index (κ3) is 7.23. The predicted molar refractivity (Wildman–Crippen MR) is 81.9 cm³/mol. The highest BCUT2D eigenvalue weighted by Gasteiger charge is 2.19. The molecule has 0 aliphatic carbocycles. The van der Waals surface area contributed by atoms with Crippen molar-refractivity contribution >= 4 is 21.7 Å². The normalized spacial score (nSPS) is 11.8. The van der Waals surface area contributed by atoms with E-state index in [1.807, 2.05) is 0 Å². The van der Waals surface area contributed by atoms with E-state index >= 15 is 0 Å². The quantitative estimate of drug-likeness (QED) is 0.622. The fourth-order valence-electron chi connectivity index (χ4n) is 1.65. The molecule has 23 heavy (non-hydrogen) atoms. The Morgan fingerprint density at radius 1 is 1.17 bits per heavy atom. The Hall–Kier alpha value is -1.96. The molecule has 0 radical (unpaired) electrons. The first-order valence-electron chi connectivity index (χ1n) is 6.94. The lowest BCUT2D eigenvalue weighted by atomic mass is 10.1. The van der Waals surface area contributed by atoms with Crippen LogP contribution in [-0.4, -0.2) is 38.2 Å². The molecule has 1 amide bonds. The molecule has 0 aromatic heterocycles.